The molecular weight excluding hydrogens is 321 g/mol. The first-order chi connectivity index (χ1) is 8.16. The third-order valence-electron chi connectivity index (χ3n) is 3.93. The van der Waals surface area contributed by atoms with Gasteiger partial charge in [-0.2, -0.15) is 0 Å². The van der Waals surface area contributed by atoms with Gasteiger partial charge in [-0.15, -0.1) is 0 Å². The van der Waals surface area contributed by atoms with E-state index in [1.807, 2.05) is 0 Å². The third kappa shape index (κ3) is 3.60. The normalized spacial score (nSPS) is 19.0. The fourth-order valence-electron chi connectivity index (χ4n) is 2.79. The number of halogens is 1. The van der Waals surface area contributed by atoms with Gasteiger partial charge in [0.1, 0.15) is 0 Å². The first-order valence-electron chi connectivity index (χ1n) is 6.69. The Kier molecular flexibility index (Phi) is 4.71. The lowest BCUT2D eigenvalue weighted by molar-refractivity contribution is 0.328. The van der Waals surface area contributed by atoms with Crippen LogP contribution in [0.1, 0.15) is 44.6 Å². The maximum absolute atomic E-state index is 3.70. The van der Waals surface area contributed by atoms with Crippen molar-refractivity contribution in [3.8, 4) is 0 Å². The second-order valence-corrected chi connectivity index (χ2v) is 6.54. The average Bonchev–Trinajstić information content (AvgIpc) is 2.34. The van der Waals surface area contributed by atoms with Crippen LogP contribution in [0.25, 0.3) is 0 Å². The number of hydrogen-bond acceptors (Lipinski definition) is 1. The highest BCUT2D eigenvalue weighted by Gasteiger charge is 2.20. The van der Waals surface area contributed by atoms with Crippen molar-refractivity contribution < 1.29 is 0 Å². The average molecular weight is 343 g/mol. The summed E-state index contributed by atoms with van der Waals surface area (Å²) in [5.74, 6) is 0.863. The molecule has 1 aromatic carbocycles. The number of aryl methyl sites for hydroxylation is 1. The largest absolute Gasteiger partial charge is 0.382 e. The van der Waals surface area contributed by atoms with Crippen LogP contribution in [-0.2, 0) is 0 Å². The number of benzene rings is 1. The minimum Gasteiger partial charge on any atom is -0.382 e. The molecule has 1 aromatic rings. The van der Waals surface area contributed by atoms with Crippen molar-refractivity contribution in [3.63, 3.8) is 0 Å². The van der Waals surface area contributed by atoms with Crippen LogP contribution in [0, 0.1) is 16.4 Å². The number of nitrogens with one attached hydrogen (secondary N) is 1. The summed E-state index contributed by atoms with van der Waals surface area (Å²) in [7, 11) is 0. The van der Waals surface area contributed by atoms with E-state index >= 15 is 0 Å². The molecular formula is C15H22IN. The summed E-state index contributed by atoms with van der Waals surface area (Å²) in [5, 5.41) is 3.70. The molecule has 0 aliphatic heterocycles. The molecule has 0 saturated heterocycles. The maximum Gasteiger partial charge on any atom is 0.0372 e. The molecule has 1 aliphatic rings. The van der Waals surface area contributed by atoms with E-state index < -0.39 is 0 Å². The van der Waals surface area contributed by atoms with E-state index in [2.05, 4.69) is 60.0 Å². The van der Waals surface area contributed by atoms with Gasteiger partial charge in [-0.1, -0.05) is 19.3 Å². The topological polar surface area (TPSA) is 12.0 Å². The lowest BCUT2D eigenvalue weighted by Crippen LogP contribution is -2.27. The summed E-state index contributed by atoms with van der Waals surface area (Å²) in [5.41, 5.74) is 2.67. The molecule has 1 unspecified atom stereocenters. The third-order valence-corrected chi connectivity index (χ3v) is 4.60. The lowest BCUT2D eigenvalue weighted by Gasteiger charge is -2.29. The molecule has 94 valence electrons. The quantitative estimate of drug-likeness (QED) is 0.763. The molecule has 1 nitrogen and oxygen atoms in total. The predicted octanol–water partition coefficient (Wildman–Crippen LogP) is 4.98. The summed E-state index contributed by atoms with van der Waals surface area (Å²) < 4.78 is 1.32. The molecule has 17 heavy (non-hydrogen) atoms. The fraction of sp³-hybridized carbons (Fsp3) is 0.600. The second kappa shape index (κ2) is 6.07. The molecule has 0 amide bonds. The fourth-order valence-corrected chi connectivity index (χ4v) is 3.43. The monoisotopic (exact) mass is 343 g/mol. The Bertz CT molecular complexity index is 369. The van der Waals surface area contributed by atoms with Crippen LogP contribution in [0.4, 0.5) is 5.69 Å². The molecule has 0 bridgehead atoms. The Labute approximate surface area is 119 Å². The van der Waals surface area contributed by atoms with Gasteiger partial charge >= 0.3 is 0 Å². The molecule has 0 radical (unpaired) electrons. The molecule has 1 atom stereocenters. The van der Waals surface area contributed by atoms with E-state index in [0.717, 1.165) is 5.92 Å². The summed E-state index contributed by atoms with van der Waals surface area (Å²) >= 11 is 2.37. The summed E-state index contributed by atoms with van der Waals surface area (Å²) in [6.07, 6.45) is 7.08. The molecule has 2 rings (SSSR count). The van der Waals surface area contributed by atoms with Gasteiger partial charge in [0.25, 0.3) is 0 Å². The van der Waals surface area contributed by atoms with Gasteiger partial charge in [0.2, 0.25) is 0 Å². The Morgan fingerprint density at radius 2 is 1.94 bits per heavy atom. The van der Waals surface area contributed by atoms with Crippen LogP contribution in [0.5, 0.6) is 0 Å². The number of rotatable bonds is 3. The van der Waals surface area contributed by atoms with Crippen molar-refractivity contribution >= 4 is 28.3 Å². The zero-order valence-corrected chi connectivity index (χ0v) is 13.0. The standard InChI is InChI=1S/C15H22IN/c1-11-10-14(16)8-9-15(11)17-12(2)13-6-4-3-5-7-13/h8-10,12-13,17H,3-7H2,1-2H3. The van der Waals surface area contributed by atoms with E-state index in [-0.39, 0.29) is 0 Å². The van der Waals surface area contributed by atoms with Crippen LogP contribution in [0.15, 0.2) is 18.2 Å². The zero-order chi connectivity index (χ0) is 12.3. The zero-order valence-electron chi connectivity index (χ0n) is 10.8. The summed E-state index contributed by atoms with van der Waals surface area (Å²) in [4.78, 5) is 0. The van der Waals surface area contributed by atoms with E-state index in [1.165, 1.54) is 46.9 Å². The molecule has 2 heteroatoms. The van der Waals surface area contributed by atoms with Gasteiger partial charge < -0.3 is 5.32 Å². The highest BCUT2D eigenvalue weighted by atomic mass is 127. The second-order valence-electron chi connectivity index (χ2n) is 5.29. The lowest BCUT2D eigenvalue weighted by atomic mass is 9.84. The number of hydrogen-bond donors (Lipinski definition) is 1. The van der Waals surface area contributed by atoms with Crippen molar-refractivity contribution in [1.29, 1.82) is 0 Å². The van der Waals surface area contributed by atoms with Crippen LogP contribution in [-0.4, -0.2) is 6.04 Å². The van der Waals surface area contributed by atoms with Crippen LogP contribution in [0.3, 0.4) is 0 Å². The van der Waals surface area contributed by atoms with Gasteiger partial charge in [0.05, 0.1) is 0 Å². The van der Waals surface area contributed by atoms with Crippen LogP contribution < -0.4 is 5.32 Å². The van der Waals surface area contributed by atoms with Crippen LogP contribution >= 0.6 is 22.6 Å². The first kappa shape index (κ1) is 13.2. The predicted molar refractivity (Wildman–Crippen MR) is 83.6 cm³/mol. The Hall–Kier alpha value is -0.250. The van der Waals surface area contributed by atoms with Crippen molar-refractivity contribution in [1.82, 2.24) is 0 Å². The summed E-state index contributed by atoms with van der Waals surface area (Å²) in [6, 6.07) is 7.25. The molecule has 0 heterocycles. The Balaban J connectivity index is 1.99. The minimum absolute atomic E-state index is 0.606. The molecule has 1 N–H and O–H groups in total. The van der Waals surface area contributed by atoms with Crippen molar-refractivity contribution in [2.24, 2.45) is 5.92 Å². The van der Waals surface area contributed by atoms with Gasteiger partial charge in [-0.05, 0) is 79.0 Å². The highest BCUT2D eigenvalue weighted by Crippen LogP contribution is 2.29. The Morgan fingerprint density at radius 1 is 1.24 bits per heavy atom. The van der Waals surface area contributed by atoms with Gasteiger partial charge in [-0.25, -0.2) is 0 Å². The molecule has 0 aromatic heterocycles. The maximum atomic E-state index is 3.70. The minimum atomic E-state index is 0.606. The first-order valence-corrected chi connectivity index (χ1v) is 7.77. The SMILES string of the molecule is Cc1cc(I)ccc1NC(C)C1CCCCC1. The van der Waals surface area contributed by atoms with Gasteiger partial charge in [-0.3, -0.25) is 0 Å². The van der Waals surface area contributed by atoms with E-state index in [9.17, 15) is 0 Å². The molecule has 1 saturated carbocycles. The van der Waals surface area contributed by atoms with Crippen molar-refractivity contribution in [2.45, 2.75) is 52.0 Å². The summed E-state index contributed by atoms with van der Waals surface area (Å²) in [6.45, 7) is 4.53. The number of anilines is 1. The van der Waals surface area contributed by atoms with Crippen LogP contribution in [0.2, 0.25) is 0 Å². The smallest absolute Gasteiger partial charge is 0.0372 e. The van der Waals surface area contributed by atoms with Crippen molar-refractivity contribution in [3.05, 3.63) is 27.3 Å². The van der Waals surface area contributed by atoms with Gasteiger partial charge in [0, 0.05) is 15.3 Å². The molecule has 0 spiro atoms. The van der Waals surface area contributed by atoms with Gasteiger partial charge in [0.15, 0.2) is 0 Å². The highest BCUT2D eigenvalue weighted by molar-refractivity contribution is 14.1. The Morgan fingerprint density at radius 3 is 2.59 bits per heavy atom. The molecule has 1 fully saturated rings. The molecule has 1 aliphatic carbocycles. The van der Waals surface area contributed by atoms with E-state index in [1.54, 1.807) is 0 Å². The van der Waals surface area contributed by atoms with E-state index in [0.29, 0.717) is 6.04 Å². The van der Waals surface area contributed by atoms with Crippen molar-refractivity contribution in [2.75, 3.05) is 5.32 Å². The van der Waals surface area contributed by atoms with E-state index in [4.69, 9.17) is 0 Å².